The monoisotopic (exact) mass is 496 g/mol. The fourth-order valence-electron chi connectivity index (χ4n) is 4.65. The summed E-state index contributed by atoms with van der Waals surface area (Å²) in [5.41, 5.74) is 0.522. The Morgan fingerprint density at radius 2 is 1.48 bits per heavy atom. The molecule has 2 aliphatic rings. The second-order valence-electron chi connectivity index (χ2n) is 8.26. The van der Waals surface area contributed by atoms with Gasteiger partial charge in [-0.15, -0.1) is 0 Å². The quantitative estimate of drug-likeness (QED) is 0.359. The number of fused-ring (bicyclic) bond motifs is 2. The molecule has 0 aliphatic heterocycles. The Morgan fingerprint density at radius 3 is 2.12 bits per heavy atom. The second kappa shape index (κ2) is 9.57. The minimum Gasteiger partial charge on any atom is -0.741 e. The van der Waals surface area contributed by atoms with Gasteiger partial charge in [-0.05, 0) is 60.8 Å². The molecule has 0 bridgehead atoms. The van der Waals surface area contributed by atoms with Crippen molar-refractivity contribution < 1.29 is 30.5 Å². The fraction of sp³-hybridized carbons (Fsp3) is 0.391. The lowest BCUT2D eigenvalue weighted by molar-refractivity contribution is -0.647. The summed E-state index contributed by atoms with van der Waals surface area (Å²) in [5.74, 6) is 0. The molecule has 0 N–H and O–H groups in total. The van der Waals surface area contributed by atoms with E-state index in [1.165, 1.54) is 58.2 Å². The number of alkyl halides is 3. The van der Waals surface area contributed by atoms with E-state index < -0.39 is 15.6 Å². The van der Waals surface area contributed by atoms with Crippen LogP contribution in [0.2, 0.25) is 0 Å². The molecular formula is C23H24F3N2O3PS. The van der Waals surface area contributed by atoms with E-state index in [4.69, 9.17) is 13.0 Å². The first-order chi connectivity index (χ1) is 15.6. The summed E-state index contributed by atoms with van der Waals surface area (Å²) in [4.78, 5) is 0. The molecule has 0 fully saturated rings. The highest BCUT2D eigenvalue weighted by Crippen LogP contribution is 2.35. The van der Waals surface area contributed by atoms with Gasteiger partial charge in [-0.3, -0.25) is 0 Å². The van der Waals surface area contributed by atoms with Crippen LogP contribution in [0.4, 0.5) is 13.2 Å². The number of benzene rings is 2. The molecule has 0 spiro atoms. The Bertz CT molecular complexity index is 1160. The van der Waals surface area contributed by atoms with Crippen LogP contribution in [-0.4, -0.2) is 22.8 Å². The molecule has 0 saturated carbocycles. The average Bonchev–Trinajstić information content (AvgIpc) is 3.27. The van der Waals surface area contributed by atoms with Crippen molar-refractivity contribution in [2.45, 2.75) is 56.1 Å². The van der Waals surface area contributed by atoms with Crippen molar-refractivity contribution >= 4 is 18.6 Å². The fourth-order valence-corrected chi connectivity index (χ4v) is 5.86. The third-order valence-electron chi connectivity index (χ3n) is 6.18. The number of rotatable bonds is 2. The average molecular weight is 496 g/mol. The number of hydrogen-bond donors (Lipinski definition) is 0. The van der Waals surface area contributed by atoms with Gasteiger partial charge in [0.25, 0.3) is 0 Å². The number of aryl methyl sites for hydroxylation is 2. The van der Waals surface area contributed by atoms with Gasteiger partial charge in [0, 0.05) is 0 Å². The SMILES string of the molecule is O=S(=O)([O-])C(F)(F)F.c1ccc2c(c1)CCC[C@@H]2n1cc[n+]([C@H]2CCCc3ccccc32)p1. The summed E-state index contributed by atoms with van der Waals surface area (Å²) in [6, 6.07) is 19.1. The summed E-state index contributed by atoms with van der Waals surface area (Å²) < 4.78 is 64.0. The second-order valence-corrected chi connectivity index (χ2v) is 10.7. The molecule has 33 heavy (non-hydrogen) atoms. The third kappa shape index (κ3) is 5.31. The Labute approximate surface area is 192 Å². The molecule has 0 saturated heterocycles. The van der Waals surface area contributed by atoms with E-state index >= 15 is 0 Å². The van der Waals surface area contributed by atoms with Crippen molar-refractivity contribution in [1.29, 1.82) is 0 Å². The molecule has 3 aromatic rings. The standard InChI is InChI=1S/C22H24N2P.CHF3O3S/c1-3-11-19-17(7-1)9-5-13-21(19)23-15-16-24(25-23)22-14-6-10-18-8-2-4-12-20(18)22;2-1(3,4)8(5,6)7/h1-4,7-8,11-12,15-16,21-22H,5-6,9-10,13-14H2;(H,5,6,7)/q+1;/p-1/t21-,22-;/m0./s1. The Balaban J connectivity index is 0.000000281. The molecular weight excluding hydrogens is 472 g/mol. The first-order valence-corrected chi connectivity index (χ1v) is 13.0. The highest BCUT2D eigenvalue weighted by Gasteiger charge is 2.37. The summed E-state index contributed by atoms with van der Waals surface area (Å²) in [6.07, 6.45) is 12.3. The van der Waals surface area contributed by atoms with E-state index in [0.717, 1.165) is 0 Å². The van der Waals surface area contributed by atoms with Crippen molar-refractivity contribution in [2.75, 3.05) is 0 Å². The van der Waals surface area contributed by atoms with Gasteiger partial charge in [0.05, 0.1) is 0 Å². The van der Waals surface area contributed by atoms with Gasteiger partial charge >= 0.3 is 14.0 Å². The summed E-state index contributed by atoms with van der Waals surface area (Å²) in [5, 5.41) is 0. The zero-order chi connectivity index (χ0) is 23.6. The van der Waals surface area contributed by atoms with E-state index in [-0.39, 0.29) is 0 Å². The van der Waals surface area contributed by atoms with Crippen LogP contribution in [0.15, 0.2) is 60.9 Å². The minimum absolute atomic E-state index is 0.534. The molecule has 0 unspecified atom stereocenters. The first-order valence-electron chi connectivity index (χ1n) is 10.8. The first kappa shape index (κ1) is 23.9. The van der Waals surface area contributed by atoms with Gasteiger partial charge in [0.15, 0.2) is 10.1 Å². The maximum atomic E-state index is 10.7. The Hall–Kier alpha value is -2.22. The molecule has 2 atom stereocenters. The van der Waals surface area contributed by atoms with Crippen LogP contribution >= 0.6 is 8.51 Å². The lowest BCUT2D eigenvalue weighted by Gasteiger charge is -2.23. The highest BCUT2D eigenvalue weighted by molar-refractivity contribution is 7.86. The number of aromatic nitrogens is 2. The van der Waals surface area contributed by atoms with Crippen molar-refractivity contribution in [1.82, 2.24) is 4.33 Å². The molecule has 0 radical (unpaired) electrons. The molecule has 10 heteroatoms. The Morgan fingerprint density at radius 1 is 0.939 bits per heavy atom. The van der Waals surface area contributed by atoms with Crippen LogP contribution in [-0.2, 0) is 23.0 Å². The van der Waals surface area contributed by atoms with E-state index in [1.54, 1.807) is 11.1 Å². The van der Waals surface area contributed by atoms with Crippen molar-refractivity contribution in [3.63, 3.8) is 0 Å². The van der Waals surface area contributed by atoms with Crippen LogP contribution in [0, 0.1) is 0 Å². The highest BCUT2D eigenvalue weighted by atomic mass is 32.2. The van der Waals surface area contributed by atoms with Gasteiger partial charge in [-0.1, -0.05) is 48.5 Å². The van der Waals surface area contributed by atoms with E-state index in [0.29, 0.717) is 12.1 Å². The maximum Gasteiger partial charge on any atom is 0.485 e. The largest absolute Gasteiger partial charge is 0.741 e. The van der Waals surface area contributed by atoms with Gasteiger partial charge in [0.1, 0.15) is 24.5 Å². The van der Waals surface area contributed by atoms with Gasteiger partial charge in [-0.2, -0.15) is 13.2 Å². The van der Waals surface area contributed by atoms with Gasteiger partial charge in [0.2, 0.25) is 0 Å². The molecule has 2 aliphatic carbocycles. The van der Waals surface area contributed by atoms with Crippen molar-refractivity contribution in [3.8, 4) is 0 Å². The zero-order valence-corrected chi connectivity index (χ0v) is 19.5. The van der Waals surface area contributed by atoms with E-state index in [9.17, 15) is 13.2 Å². The van der Waals surface area contributed by atoms with E-state index in [2.05, 4.69) is 69.6 Å². The molecule has 0 amide bonds. The molecule has 1 aromatic heterocycles. The predicted octanol–water partition coefficient (Wildman–Crippen LogP) is 5.26. The molecule has 5 rings (SSSR count). The summed E-state index contributed by atoms with van der Waals surface area (Å²) >= 11 is 0. The third-order valence-corrected chi connectivity index (χ3v) is 7.98. The topological polar surface area (TPSA) is 66.0 Å². The normalized spacial score (nSPS) is 20.5. The molecule has 176 valence electrons. The van der Waals surface area contributed by atoms with Crippen LogP contribution in [0.3, 0.4) is 0 Å². The lowest BCUT2D eigenvalue weighted by atomic mass is 9.88. The molecule has 2 aromatic carbocycles. The smallest absolute Gasteiger partial charge is 0.485 e. The number of nitrogens with zero attached hydrogens (tertiary/aromatic N) is 2. The van der Waals surface area contributed by atoms with Crippen LogP contribution in [0.5, 0.6) is 0 Å². The van der Waals surface area contributed by atoms with Crippen molar-refractivity contribution in [3.05, 3.63) is 83.2 Å². The van der Waals surface area contributed by atoms with Gasteiger partial charge in [-0.25, -0.2) is 17.1 Å². The Kier molecular flexibility index (Phi) is 6.93. The minimum atomic E-state index is -6.09. The van der Waals surface area contributed by atoms with E-state index in [1.807, 2.05) is 0 Å². The zero-order valence-electron chi connectivity index (χ0n) is 17.8. The predicted molar refractivity (Wildman–Crippen MR) is 118 cm³/mol. The van der Waals surface area contributed by atoms with Gasteiger partial charge < -0.3 is 4.55 Å². The summed E-state index contributed by atoms with van der Waals surface area (Å²) in [6.45, 7) is 0. The van der Waals surface area contributed by atoms with Crippen LogP contribution in [0.25, 0.3) is 0 Å². The molecule has 5 nitrogen and oxygen atoms in total. The maximum absolute atomic E-state index is 10.7. The van der Waals surface area contributed by atoms with Crippen molar-refractivity contribution in [2.24, 2.45) is 0 Å². The van der Waals surface area contributed by atoms with Crippen LogP contribution in [0.1, 0.15) is 60.0 Å². The number of halogens is 3. The summed E-state index contributed by atoms with van der Waals surface area (Å²) in [7, 11) is -4.77. The lowest BCUT2D eigenvalue weighted by Crippen LogP contribution is -2.37. The van der Waals surface area contributed by atoms with Crippen LogP contribution < -0.4 is 4.33 Å². The number of hydrogen-bond acceptors (Lipinski definition) is 3. The molecule has 1 heterocycles.